The maximum absolute atomic E-state index is 13.0. The highest BCUT2D eigenvalue weighted by molar-refractivity contribution is 5.83. The molecule has 1 unspecified atom stereocenters. The number of carbonyl (C=O) groups excluding carboxylic acids is 2. The van der Waals surface area contributed by atoms with Gasteiger partial charge in [-0.1, -0.05) is 48.5 Å². The van der Waals surface area contributed by atoms with E-state index in [9.17, 15) is 14.4 Å². The maximum Gasteiger partial charge on any atom is 0.407 e. The number of carboxylic acids is 1. The van der Waals surface area contributed by atoms with E-state index >= 15 is 0 Å². The Kier molecular flexibility index (Phi) is 6.88. The second-order valence-corrected chi connectivity index (χ2v) is 9.40. The lowest BCUT2D eigenvalue weighted by Gasteiger charge is -2.37. The minimum Gasteiger partial charge on any atom is -0.481 e. The molecule has 1 heterocycles. The zero-order valence-electron chi connectivity index (χ0n) is 19.5. The smallest absolute Gasteiger partial charge is 0.407 e. The Morgan fingerprint density at radius 3 is 2.32 bits per heavy atom. The van der Waals surface area contributed by atoms with Crippen LogP contribution in [0.3, 0.4) is 0 Å². The molecule has 1 saturated heterocycles. The van der Waals surface area contributed by atoms with E-state index in [-0.39, 0.29) is 37.9 Å². The number of amides is 2. The number of fused-ring (bicyclic) bond motifs is 3. The van der Waals surface area contributed by atoms with Crippen LogP contribution in [-0.4, -0.2) is 66.9 Å². The number of carbonyl (C=O) groups is 3. The van der Waals surface area contributed by atoms with Gasteiger partial charge in [0.15, 0.2) is 0 Å². The second kappa shape index (κ2) is 9.85. The quantitative estimate of drug-likeness (QED) is 0.649. The Labute approximate surface area is 198 Å². The normalized spacial score (nSPS) is 17.6. The monoisotopic (exact) mass is 466 g/mol. The first-order valence-electron chi connectivity index (χ1n) is 11.5. The fourth-order valence-electron chi connectivity index (χ4n) is 4.67. The van der Waals surface area contributed by atoms with Crippen molar-refractivity contribution < 1.29 is 29.0 Å². The molecule has 8 heteroatoms. The third kappa shape index (κ3) is 5.07. The van der Waals surface area contributed by atoms with Crippen LogP contribution in [0.2, 0.25) is 0 Å². The van der Waals surface area contributed by atoms with Crippen molar-refractivity contribution in [2.75, 3.05) is 32.8 Å². The van der Waals surface area contributed by atoms with Crippen molar-refractivity contribution in [2.45, 2.75) is 32.3 Å². The molecule has 2 aromatic carbocycles. The topological polar surface area (TPSA) is 105 Å². The van der Waals surface area contributed by atoms with Crippen LogP contribution in [0.15, 0.2) is 48.5 Å². The lowest BCUT2D eigenvalue weighted by molar-refractivity contribution is -0.152. The molecule has 34 heavy (non-hydrogen) atoms. The van der Waals surface area contributed by atoms with Crippen molar-refractivity contribution in [1.29, 1.82) is 0 Å². The highest BCUT2D eigenvalue weighted by Gasteiger charge is 2.36. The molecule has 0 radical (unpaired) electrons. The summed E-state index contributed by atoms with van der Waals surface area (Å²) in [6, 6.07) is 16.2. The van der Waals surface area contributed by atoms with Crippen LogP contribution in [-0.2, 0) is 19.1 Å². The minimum atomic E-state index is -0.963. The number of hydrogen-bond donors (Lipinski definition) is 2. The fraction of sp³-hybridized carbons (Fsp3) is 0.423. The van der Waals surface area contributed by atoms with Crippen LogP contribution in [0.1, 0.15) is 37.3 Å². The standard InChI is InChI=1S/C26H30N2O6/c1-26(2,24(31)28-11-12-33-17(14-28)13-23(29)30)16-27-25(32)34-15-22-20-9-5-3-7-18(20)19-8-4-6-10-21(19)22/h3-10,17,22H,11-16H2,1-2H3,(H,27,32)(H,29,30). The van der Waals surface area contributed by atoms with Gasteiger partial charge in [0.25, 0.3) is 0 Å². The first-order chi connectivity index (χ1) is 16.3. The number of morpholine rings is 1. The molecule has 1 atom stereocenters. The van der Waals surface area contributed by atoms with E-state index in [1.165, 1.54) is 0 Å². The Bertz CT molecular complexity index is 1040. The molecule has 1 aliphatic carbocycles. The van der Waals surface area contributed by atoms with Crippen molar-refractivity contribution in [2.24, 2.45) is 5.41 Å². The van der Waals surface area contributed by atoms with Gasteiger partial charge in [0.2, 0.25) is 5.91 Å². The molecule has 2 aromatic rings. The molecule has 0 spiro atoms. The predicted octanol–water partition coefficient (Wildman–Crippen LogP) is 3.25. The maximum atomic E-state index is 13.0. The van der Waals surface area contributed by atoms with Gasteiger partial charge >= 0.3 is 12.1 Å². The summed E-state index contributed by atoms with van der Waals surface area (Å²) in [6.45, 7) is 4.71. The van der Waals surface area contributed by atoms with Crippen LogP contribution < -0.4 is 5.32 Å². The van der Waals surface area contributed by atoms with Crippen molar-refractivity contribution >= 4 is 18.0 Å². The van der Waals surface area contributed by atoms with E-state index < -0.39 is 23.6 Å². The van der Waals surface area contributed by atoms with Gasteiger partial charge in [0.1, 0.15) is 6.61 Å². The van der Waals surface area contributed by atoms with Crippen LogP contribution in [0.5, 0.6) is 0 Å². The number of hydrogen-bond acceptors (Lipinski definition) is 5. The van der Waals surface area contributed by atoms with E-state index in [1.54, 1.807) is 18.7 Å². The van der Waals surface area contributed by atoms with Crippen LogP contribution in [0.4, 0.5) is 4.79 Å². The first-order valence-corrected chi connectivity index (χ1v) is 11.5. The molecule has 0 bridgehead atoms. The van der Waals surface area contributed by atoms with E-state index in [2.05, 4.69) is 29.6 Å². The second-order valence-electron chi connectivity index (χ2n) is 9.40. The van der Waals surface area contributed by atoms with Gasteiger partial charge in [-0.2, -0.15) is 0 Å². The summed E-state index contributed by atoms with van der Waals surface area (Å²) in [5.74, 6) is -1.16. The van der Waals surface area contributed by atoms with E-state index in [0.29, 0.717) is 13.2 Å². The summed E-state index contributed by atoms with van der Waals surface area (Å²) in [5, 5.41) is 11.7. The molecule has 1 fully saturated rings. The summed E-state index contributed by atoms with van der Waals surface area (Å²) < 4.78 is 11.0. The van der Waals surface area contributed by atoms with Crippen molar-refractivity contribution in [3.8, 4) is 11.1 Å². The van der Waals surface area contributed by atoms with Crippen molar-refractivity contribution in [3.63, 3.8) is 0 Å². The Morgan fingerprint density at radius 1 is 1.09 bits per heavy atom. The molecule has 2 N–H and O–H groups in total. The lowest BCUT2D eigenvalue weighted by Crippen LogP contribution is -2.53. The number of nitrogens with one attached hydrogen (secondary N) is 1. The molecular formula is C26H30N2O6. The fourth-order valence-corrected chi connectivity index (χ4v) is 4.67. The van der Waals surface area contributed by atoms with Gasteiger partial charge in [0, 0.05) is 25.6 Å². The molecule has 8 nitrogen and oxygen atoms in total. The molecular weight excluding hydrogens is 436 g/mol. The van der Waals surface area contributed by atoms with E-state index in [1.807, 2.05) is 24.3 Å². The number of alkyl carbamates (subject to hydrolysis) is 1. The minimum absolute atomic E-state index is 0.0349. The summed E-state index contributed by atoms with van der Waals surface area (Å²) in [7, 11) is 0. The molecule has 0 aromatic heterocycles. The third-order valence-corrected chi connectivity index (χ3v) is 6.43. The Morgan fingerprint density at radius 2 is 1.71 bits per heavy atom. The average Bonchev–Trinajstić information content (AvgIpc) is 3.14. The van der Waals surface area contributed by atoms with Gasteiger partial charge in [-0.05, 0) is 36.1 Å². The zero-order chi connectivity index (χ0) is 24.3. The molecule has 2 aliphatic rings. The molecule has 180 valence electrons. The van der Waals surface area contributed by atoms with E-state index in [0.717, 1.165) is 22.3 Å². The number of benzene rings is 2. The number of rotatable bonds is 7. The predicted molar refractivity (Wildman–Crippen MR) is 125 cm³/mol. The summed E-state index contributed by atoms with van der Waals surface area (Å²) in [6.07, 6.45) is -1.25. The van der Waals surface area contributed by atoms with Gasteiger partial charge in [-0.3, -0.25) is 9.59 Å². The molecule has 1 aliphatic heterocycles. The average molecular weight is 467 g/mol. The Balaban J connectivity index is 1.31. The molecule has 2 amide bonds. The van der Waals surface area contributed by atoms with E-state index in [4.69, 9.17) is 14.6 Å². The number of carboxylic acid groups (broad SMARTS) is 1. The third-order valence-electron chi connectivity index (χ3n) is 6.43. The number of ether oxygens (including phenoxy) is 2. The van der Waals surface area contributed by atoms with Gasteiger partial charge in [-0.15, -0.1) is 0 Å². The van der Waals surface area contributed by atoms with Crippen LogP contribution in [0.25, 0.3) is 11.1 Å². The first kappa shape index (κ1) is 23.8. The van der Waals surface area contributed by atoms with Crippen molar-refractivity contribution in [3.05, 3.63) is 59.7 Å². The Hall–Kier alpha value is -3.39. The van der Waals surface area contributed by atoms with Crippen LogP contribution >= 0.6 is 0 Å². The van der Waals surface area contributed by atoms with Crippen molar-refractivity contribution in [1.82, 2.24) is 10.2 Å². The van der Waals surface area contributed by atoms with Gasteiger partial charge in [0.05, 0.1) is 24.5 Å². The SMILES string of the molecule is CC(C)(CNC(=O)OCC1c2ccccc2-c2ccccc21)C(=O)N1CCOC(CC(=O)O)C1. The van der Waals surface area contributed by atoms with Crippen LogP contribution in [0, 0.1) is 5.41 Å². The summed E-state index contributed by atoms with van der Waals surface area (Å²) in [5.41, 5.74) is 3.71. The zero-order valence-corrected chi connectivity index (χ0v) is 19.5. The largest absolute Gasteiger partial charge is 0.481 e. The summed E-state index contributed by atoms with van der Waals surface area (Å²) >= 11 is 0. The van der Waals surface area contributed by atoms with Gasteiger partial charge in [-0.25, -0.2) is 4.79 Å². The highest BCUT2D eigenvalue weighted by atomic mass is 16.5. The summed E-state index contributed by atoms with van der Waals surface area (Å²) in [4.78, 5) is 38.1. The lowest BCUT2D eigenvalue weighted by atomic mass is 9.91. The number of aliphatic carboxylic acids is 1. The van der Waals surface area contributed by atoms with Gasteiger partial charge < -0.3 is 24.8 Å². The highest BCUT2D eigenvalue weighted by Crippen LogP contribution is 2.44. The molecule has 0 saturated carbocycles. The molecule has 4 rings (SSSR count). The number of nitrogens with zero attached hydrogens (tertiary/aromatic N) is 1.